The van der Waals surface area contributed by atoms with E-state index in [4.69, 9.17) is 0 Å². The molecule has 5 nitrogen and oxygen atoms in total. The molecule has 0 aromatic carbocycles. The Morgan fingerprint density at radius 3 is 2.70 bits per heavy atom. The van der Waals surface area contributed by atoms with E-state index in [2.05, 4.69) is 31.1 Å². The quantitative estimate of drug-likeness (QED) is 0.915. The molecule has 0 spiro atoms. The molecule has 1 aliphatic carbocycles. The highest BCUT2D eigenvalue weighted by Gasteiger charge is 2.32. The van der Waals surface area contributed by atoms with Crippen LogP contribution in [0.15, 0.2) is 24.4 Å². The lowest BCUT2D eigenvalue weighted by atomic mass is 9.96. The molecule has 124 valence electrons. The molecule has 2 aromatic heterocycles. The van der Waals surface area contributed by atoms with Crippen molar-refractivity contribution < 1.29 is 9.90 Å². The average molecular weight is 315 g/mol. The summed E-state index contributed by atoms with van der Waals surface area (Å²) in [6.07, 6.45) is 5.49. The number of aliphatic hydroxyl groups is 1. The second-order valence-corrected chi connectivity index (χ2v) is 7.60. The number of fused-ring (bicyclic) bond motifs is 1. The van der Waals surface area contributed by atoms with Gasteiger partial charge in [-0.15, -0.1) is 0 Å². The average Bonchev–Trinajstić information content (AvgIpc) is 3.09. The third-order valence-corrected chi connectivity index (χ3v) is 4.55. The highest BCUT2D eigenvalue weighted by Crippen LogP contribution is 2.29. The van der Waals surface area contributed by atoms with Gasteiger partial charge in [-0.05, 0) is 25.0 Å². The molecule has 3 rings (SSSR count). The first-order chi connectivity index (χ1) is 10.8. The Balaban J connectivity index is 1.89. The van der Waals surface area contributed by atoms with Gasteiger partial charge in [0, 0.05) is 18.2 Å². The number of hydrogen-bond donors (Lipinski definition) is 2. The van der Waals surface area contributed by atoms with Crippen LogP contribution in [0.1, 0.15) is 62.8 Å². The zero-order chi connectivity index (χ0) is 16.7. The van der Waals surface area contributed by atoms with Crippen molar-refractivity contribution in [3.8, 4) is 0 Å². The Kier molecular flexibility index (Phi) is 3.92. The molecule has 2 N–H and O–H groups in total. The first kappa shape index (κ1) is 16.0. The van der Waals surface area contributed by atoms with Gasteiger partial charge >= 0.3 is 0 Å². The number of nitrogens with zero attached hydrogens (tertiary/aromatic N) is 2. The summed E-state index contributed by atoms with van der Waals surface area (Å²) >= 11 is 0. The summed E-state index contributed by atoms with van der Waals surface area (Å²) in [6.45, 7) is 6.54. The highest BCUT2D eigenvalue weighted by molar-refractivity contribution is 5.99. The predicted octanol–water partition coefficient (Wildman–Crippen LogP) is 2.67. The van der Waals surface area contributed by atoms with Crippen molar-refractivity contribution in [2.45, 2.75) is 57.5 Å². The molecule has 2 heterocycles. The van der Waals surface area contributed by atoms with Gasteiger partial charge in [0.05, 0.1) is 11.1 Å². The minimum absolute atomic E-state index is 0.160. The van der Waals surface area contributed by atoms with Crippen LogP contribution in [-0.4, -0.2) is 32.5 Å². The maximum absolute atomic E-state index is 12.6. The Hall–Kier alpha value is -1.88. The molecule has 1 fully saturated rings. The molecule has 1 amide bonds. The number of amides is 1. The van der Waals surface area contributed by atoms with Gasteiger partial charge < -0.3 is 14.8 Å². The SMILES string of the molecule is CC(C)(C)c1nc(C(=O)NCC2(O)CCCC2)c2ccccn12. The molecular weight excluding hydrogens is 290 g/mol. The van der Waals surface area contributed by atoms with Crippen molar-refractivity contribution in [3.05, 3.63) is 35.9 Å². The zero-order valence-corrected chi connectivity index (χ0v) is 14.1. The maximum Gasteiger partial charge on any atom is 0.272 e. The Bertz CT molecular complexity index is 721. The van der Waals surface area contributed by atoms with Crippen LogP contribution in [0.4, 0.5) is 0 Å². The minimum Gasteiger partial charge on any atom is -0.388 e. The van der Waals surface area contributed by atoms with E-state index in [1.165, 1.54) is 0 Å². The second kappa shape index (κ2) is 5.64. The Labute approximate surface area is 136 Å². The molecule has 23 heavy (non-hydrogen) atoms. The normalized spacial score (nSPS) is 17.6. The van der Waals surface area contributed by atoms with Gasteiger partial charge in [0.15, 0.2) is 5.69 Å². The molecule has 0 radical (unpaired) electrons. The lowest BCUT2D eigenvalue weighted by molar-refractivity contribution is 0.0449. The zero-order valence-electron chi connectivity index (χ0n) is 14.1. The fourth-order valence-electron chi connectivity index (χ4n) is 3.27. The van der Waals surface area contributed by atoms with Crippen molar-refractivity contribution in [2.24, 2.45) is 0 Å². The minimum atomic E-state index is -0.752. The van der Waals surface area contributed by atoms with E-state index in [-0.39, 0.29) is 11.3 Å². The van der Waals surface area contributed by atoms with E-state index in [1.54, 1.807) is 0 Å². The topological polar surface area (TPSA) is 66.6 Å². The van der Waals surface area contributed by atoms with E-state index in [1.807, 2.05) is 28.8 Å². The van der Waals surface area contributed by atoms with E-state index in [0.29, 0.717) is 12.2 Å². The number of carbonyl (C=O) groups excluding carboxylic acids is 1. The number of nitrogens with one attached hydrogen (secondary N) is 1. The molecule has 0 unspecified atom stereocenters. The number of carbonyl (C=O) groups is 1. The van der Waals surface area contributed by atoms with Gasteiger partial charge in [-0.25, -0.2) is 4.98 Å². The first-order valence-electron chi connectivity index (χ1n) is 8.28. The van der Waals surface area contributed by atoms with Gasteiger partial charge in [-0.2, -0.15) is 0 Å². The summed E-state index contributed by atoms with van der Waals surface area (Å²) in [7, 11) is 0. The molecule has 1 aliphatic rings. The van der Waals surface area contributed by atoms with E-state index in [9.17, 15) is 9.90 Å². The summed E-state index contributed by atoms with van der Waals surface area (Å²) < 4.78 is 1.97. The van der Waals surface area contributed by atoms with Crippen molar-refractivity contribution in [1.29, 1.82) is 0 Å². The van der Waals surface area contributed by atoms with Crippen LogP contribution in [0.3, 0.4) is 0 Å². The molecule has 2 aromatic rings. The largest absolute Gasteiger partial charge is 0.388 e. The lowest BCUT2D eigenvalue weighted by Crippen LogP contribution is -2.40. The monoisotopic (exact) mass is 315 g/mol. The van der Waals surface area contributed by atoms with E-state index < -0.39 is 5.60 Å². The maximum atomic E-state index is 12.6. The third kappa shape index (κ3) is 3.11. The number of aromatic nitrogens is 2. The summed E-state index contributed by atoms with van der Waals surface area (Å²) in [5.41, 5.74) is 0.315. The fourth-order valence-corrected chi connectivity index (χ4v) is 3.27. The summed E-state index contributed by atoms with van der Waals surface area (Å²) in [5.74, 6) is 0.641. The number of imidazole rings is 1. The van der Waals surface area contributed by atoms with Crippen LogP contribution in [0, 0.1) is 0 Å². The molecular formula is C18H25N3O2. The molecule has 0 atom stereocenters. The van der Waals surface area contributed by atoms with Crippen molar-refractivity contribution in [2.75, 3.05) is 6.54 Å². The van der Waals surface area contributed by atoms with Gasteiger partial charge in [-0.3, -0.25) is 4.79 Å². The van der Waals surface area contributed by atoms with E-state index in [0.717, 1.165) is 37.0 Å². The Morgan fingerprint density at radius 1 is 1.35 bits per heavy atom. The van der Waals surface area contributed by atoms with Crippen molar-refractivity contribution >= 4 is 11.4 Å². The molecule has 0 bridgehead atoms. The van der Waals surface area contributed by atoms with Crippen LogP contribution in [0.2, 0.25) is 0 Å². The number of hydrogen-bond acceptors (Lipinski definition) is 3. The smallest absolute Gasteiger partial charge is 0.272 e. The third-order valence-electron chi connectivity index (χ3n) is 4.55. The van der Waals surface area contributed by atoms with Crippen LogP contribution in [0.5, 0.6) is 0 Å². The van der Waals surface area contributed by atoms with Gasteiger partial charge in [0.25, 0.3) is 5.91 Å². The van der Waals surface area contributed by atoms with Crippen LogP contribution >= 0.6 is 0 Å². The van der Waals surface area contributed by atoms with E-state index >= 15 is 0 Å². The van der Waals surface area contributed by atoms with Crippen LogP contribution in [-0.2, 0) is 5.41 Å². The predicted molar refractivity (Wildman–Crippen MR) is 89.6 cm³/mol. The fraction of sp³-hybridized carbons (Fsp3) is 0.556. The molecule has 0 aliphatic heterocycles. The second-order valence-electron chi connectivity index (χ2n) is 7.60. The van der Waals surface area contributed by atoms with Gasteiger partial charge in [0.1, 0.15) is 5.82 Å². The summed E-state index contributed by atoms with van der Waals surface area (Å²) in [4.78, 5) is 17.2. The number of pyridine rings is 1. The van der Waals surface area contributed by atoms with Gasteiger partial charge in [0.2, 0.25) is 0 Å². The van der Waals surface area contributed by atoms with Crippen LogP contribution < -0.4 is 5.32 Å². The lowest BCUT2D eigenvalue weighted by Gasteiger charge is -2.22. The Morgan fingerprint density at radius 2 is 2.04 bits per heavy atom. The summed E-state index contributed by atoms with van der Waals surface area (Å²) in [5, 5.41) is 13.3. The molecule has 0 saturated heterocycles. The molecule has 5 heteroatoms. The van der Waals surface area contributed by atoms with Gasteiger partial charge in [-0.1, -0.05) is 39.7 Å². The first-order valence-corrected chi connectivity index (χ1v) is 8.28. The highest BCUT2D eigenvalue weighted by atomic mass is 16.3. The number of rotatable bonds is 3. The van der Waals surface area contributed by atoms with Crippen molar-refractivity contribution in [3.63, 3.8) is 0 Å². The van der Waals surface area contributed by atoms with Crippen LogP contribution in [0.25, 0.3) is 5.52 Å². The standard InChI is InChI=1S/C18H25N3O2/c1-17(2,3)16-20-14(13-8-4-7-11-21(13)16)15(22)19-12-18(23)9-5-6-10-18/h4,7-8,11,23H,5-6,9-10,12H2,1-3H3,(H,19,22). The summed E-state index contributed by atoms with van der Waals surface area (Å²) in [6, 6.07) is 5.75. The van der Waals surface area contributed by atoms with Crippen molar-refractivity contribution in [1.82, 2.24) is 14.7 Å². The molecule has 1 saturated carbocycles.